The van der Waals surface area contributed by atoms with E-state index in [1.807, 2.05) is 13.8 Å². The van der Waals surface area contributed by atoms with E-state index < -0.39 is 10.0 Å². The lowest BCUT2D eigenvalue weighted by Crippen LogP contribution is -2.30. The second kappa shape index (κ2) is 7.06. The lowest BCUT2D eigenvalue weighted by atomic mass is 10.0. The Balaban J connectivity index is 2.94. The van der Waals surface area contributed by atoms with Gasteiger partial charge in [-0.3, -0.25) is 0 Å². The number of aliphatic hydroxyl groups is 1. The van der Waals surface area contributed by atoms with Crippen molar-refractivity contribution in [2.24, 2.45) is 5.92 Å². The highest BCUT2D eigenvalue weighted by Crippen LogP contribution is 2.22. The summed E-state index contributed by atoms with van der Waals surface area (Å²) in [7, 11) is -3.57. The minimum absolute atomic E-state index is 0.0661. The zero-order chi connectivity index (χ0) is 15.3. The monoisotopic (exact) mass is 300 g/mol. The van der Waals surface area contributed by atoms with Crippen molar-refractivity contribution < 1.29 is 13.5 Å². The first kappa shape index (κ1) is 16.9. The molecule has 1 atom stereocenters. The maximum absolute atomic E-state index is 12.4. The summed E-state index contributed by atoms with van der Waals surface area (Å²) in [6.07, 6.45) is 1.41. The van der Waals surface area contributed by atoms with Gasteiger partial charge in [0.1, 0.15) is 0 Å². The van der Waals surface area contributed by atoms with Crippen LogP contribution in [0, 0.1) is 19.8 Å². The van der Waals surface area contributed by atoms with Crippen LogP contribution in [0.4, 0.5) is 5.69 Å². The van der Waals surface area contributed by atoms with Crippen LogP contribution in [0.15, 0.2) is 17.0 Å². The van der Waals surface area contributed by atoms with Crippen molar-refractivity contribution in [3.05, 3.63) is 23.3 Å². The quantitative estimate of drug-likeness (QED) is 0.666. The highest BCUT2D eigenvalue weighted by molar-refractivity contribution is 7.89. The molecule has 0 bridgehead atoms. The van der Waals surface area contributed by atoms with Crippen LogP contribution in [0.3, 0.4) is 0 Å². The number of anilines is 1. The molecule has 0 aliphatic rings. The standard InChI is InChI=1S/C14H24N2O3S/c1-4-12(5-6-17)9-16-20(18,19)14-8-13(15)7-10(2)11(14)3/h7-8,12,16-17H,4-6,9,15H2,1-3H3. The van der Waals surface area contributed by atoms with E-state index in [9.17, 15) is 8.42 Å². The first-order chi connectivity index (χ1) is 9.31. The van der Waals surface area contributed by atoms with Crippen LogP contribution < -0.4 is 10.5 Å². The van der Waals surface area contributed by atoms with Gasteiger partial charge in [-0.15, -0.1) is 0 Å². The second-order valence-electron chi connectivity index (χ2n) is 5.10. The summed E-state index contributed by atoms with van der Waals surface area (Å²) in [6, 6.07) is 3.24. The van der Waals surface area contributed by atoms with Crippen molar-refractivity contribution >= 4 is 15.7 Å². The summed E-state index contributed by atoms with van der Waals surface area (Å²) in [5.41, 5.74) is 7.73. The molecule has 0 radical (unpaired) electrons. The van der Waals surface area contributed by atoms with E-state index in [1.165, 1.54) is 6.07 Å². The average Bonchev–Trinajstić information content (AvgIpc) is 2.38. The van der Waals surface area contributed by atoms with Crippen LogP contribution in [0.25, 0.3) is 0 Å². The van der Waals surface area contributed by atoms with Gasteiger partial charge in [-0.25, -0.2) is 13.1 Å². The molecule has 20 heavy (non-hydrogen) atoms. The Hall–Kier alpha value is -1.11. The van der Waals surface area contributed by atoms with Crippen molar-refractivity contribution in [3.63, 3.8) is 0 Å². The lowest BCUT2D eigenvalue weighted by molar-refractivity contribution is 0.254. The van der Waals surface area contributed by atoms with Crippen molar-refractivity contribution in [2.75, 3.05) is 18.9 Å². The van der Waals surface area contributed by atoms with Gasteiger partial charge in [-0.05, 0) is 49.4 Å². The highest BCUT2D eigenvalue weighted by Gasteiger charge is 2.19. The van der Waals surface area contributed by atoms with Crippen LogP contribution in [0.5, 0.6) is 0 Å². The third-order valence-electron chi connectivity index (χ3n) is 3.61. The van der Waals surface area contributed by atoms with E-state index in [4.69, 9.17) is 10.8 Å². The molecule has 6 heteroatoms. The van der Waals surface area contributed by atoms with Crippen molar-refractivity contribution in [3.8, 4) is 0 Å². The zero-order valence-electron chi connectivity index (χ0n) is 12.3. The molecule has 114 valence electrons. The summed E-state index contributed by atoms with van der Waals surface area (Å²) >= 11 is 0. The molecule has 1 aromatic carbocycles. The number of aryl methyl sites for hydroxylation is 1. The molecule has 0 aromatic heterocycles. The second-order valence-corrected chi connectivity index (χ2v) is 6.83. The van der Waals surface area contributed by atoms with Crippen LogP contribution in [0.1, 0.15) is 30.9 Å². The Kier molecular flexibility index (Phi) is 5.98. The van der Waals surface area contributed by atoms with Gasteiger partial charge in [0.05, 0.1) is 4.90 Å². The van der Waals surface area contributed by atoms with Crippen LogP contribution in [0.2, 0.25) is 0 Å². The van der Waals surface area contributed by atoms with E-state index in [-0.39, 0.29) is 17.4 Å². The van der Waals surface area contributed by atoms with E-state index in [2.05, 4.69) is 4.72 Å². The van der Waals surface area contributed by atoms with Crippen molar-refractivity contribution in [2.45, 2.75) is 38.5 Å². The molecule has 0 fully saturated rings. The Morgan fingerprint density at radius 1 is 1.35 bits per heavy atom. The van der Waals surface area contributed by atoms with Crippen molar-refractivity contribution in [1.82, 2.24) is 4.72 Å². The van der Waals surface area contributed by atoms with E-state index in [0.717, 1.165) is 12.0 Å². The van der Waals surface area contributed by atoms with Gasteiger partial charge in [-0.2, -0.15) is 0 Å². The summed E-state index contributed by atoms with van der Waals surface area (Å²) in [4.78, 5) is 0.230. The lowest BCUT2D eigenvalue weighted by Gasteiger charge is -2.16. The van der Waals surface area contributed by atoms with Crippen LogP contribution in [-0.2, 0) is 10.0 Å². The molecule has 1 aromatic rings. The number of rotatable bonds is 7. The molecule has 0 aliphatic heterocycles. The molecule has 0 amide bonds. The van der Waals surface area contributed by atoms with Gasteiger partial charge in [-0.1, -0.05) is 13.3 Å². The smallest absolute Gasteiger partial charge is 0.240 e. The summed E-state index contributed by atoms with van der Waals surface area (Å²) < 4.78 is 27.3. The minimum atomic E-state index is -3.57. The molecular formula is C14H24N2O3S. The maximum Gasteiger partial charge on any atom is 0.240 e. The SMILES string of the molecule is CCC(CCO)CNS(=O)(=O)c1cc(N)cc(C)c1C. The van der Waals surface area contributed by atoms with E-state index >= 15 is 0 Å². The summed E-state index contributed by atoms with van der Waals surface area (Å²) in [5, 5.41) is 8.94. The van der Waals surface area contributed by atoms with E-state index in [0.29, 0.717) is 24.2 Å². The van der Waals surface area contributed by atoms with Gasteiger partial charge in [0.2, 0.25) is 10.0 Å². The Morgan fingerprint density at radius 3 is 2.55 bits per heavy atom. The number of sulfonamides is 1. The fourth-order valence-corrected chi connectivity index (χ4v) is 3.54. The fourth-order valence-electron chi connectivity index (χ4n) is 2.07. The average molecular weight is 300 g/mol. The van der Waals surface area contributed by atoms with Crippen molar-refractivity contribution in [1.29, 1.82) is 0 Å². The molecule has 0 spiro atoms. The molecular weight excluding hydrogens is 276 g/mol. The predicted molar refractivity (Wildman–Crippen MR) is 81.0 cm³/mol. The maximum atomic E-state index is 12.4. The molecule has 0 saturated carbocycles. The number of nitrogen functional groups attached to an aromatic ring is 1. The van der Waals surface area contributed by atoms with Gasteiger partial charge in [0, 0.05) is 18.8 Å². The molecule has 0 saturated heterocycles. The first-order valence-electron chi connectivity index (χ1n) is 6.79. The topological polar surface area (TPSA) is 92.4 Å². The third kappa shape index (κ3) is 4.19. The highest BCUT2D eigenvalue weighted by atomic mass is 32.2. The molecule has 0 heterocycles. The fraction of sp³-hybridized carbons (Fsp3) is 0.571. The number of nitrogens with one attached hydrogen (secondary N) is 1. The first-order valence-corrected chi connectivity index (χ1v) is 8.27. The van der Waals surface area contributed by atoms with Gasteiger partial charge < -0.3 is 10.8 Å². The van der Waals surface area contributed by atoms with E-state index in [1.54, 1.807) is 13.0 Å². The molecule has 0 aliphatic carbocycles. The van der Waals surface area contributed by atoms with Gasteiger partial charge >= 0.3 is 0 Å². The molecule has 5 nitrogen and oxygen atoms in total. The number of hydrogen-bond donors (Lipinski definition) is 3. The summed E-state index contributed by atoms with van der Waals surface area (Å²) in [5.74, 6) is 0.136. The number of aliphatic hydroxyl groups excluding tert-OH is 1. The molecule has 1 unspecified atom stereocenters. The molecule has 4 N–H and O–H groups in total. The molecule has 1 rings (SSSR count). The third-order valence-corrected chi connectivity index (χ3v) is 5.16. The Labute approximate surface area is 121 Å². The Bertz CT molecular complexity index is 556. The van der Waals surface area contributed by atoms with Gasteiger partial charge in [0.25, 0.3) is 0 Å². The number of benzene rings is 1. The zero-order valence-corrected chi connectivity index (χ0v) is 13.1. The normalized spacial score (nSPS) is 13.4. The number of nitrogens with two attached hydrogens (primary N) is 1. The minimum Gasteiger partial charge on any atom is -0.399 e. The Morgan fingerprint density at radius 2 is 2.00 bits per heavy atom. The van der Waals surface area contributed by atoms with Crippen LogP contribution in [-0.4, -0.2) is 26.7 Å². The predicted octanol–water partition coefficient (Wildman–Crippen LogP) is 1.57. The number of hydrogen-bond acceptors (Lipinski definition) is 4. The summed E-state index contributed by atoms with van der Waals surface area (Å²) in [6.45, 7) is 5.98. The largest absolute Gasteiger partial charge is 0.399 e. The van der Waals surface area contributed by atoms with Crippen LogP contribution >= 0.6 is 0 Å². The van der Waals surface area contributed by atoms with Gasteiger partial charge in [0.15, 0.2) is 0 Å².